The number of hydrogen-bond acceptors (Lipinski definition) is 6. The molecule has 1 aromatic heterocycles. The van der Waals surface area contributed by atoms with Gasteiger partial charge < -0.3 is 14.6 Å². The maximum Gasteiger partial charge on any atom is 0.344 e. The normalized spacial score (nSPS) is 18.2. The molecule has 0 spiro atoms. The standard InChI is InChI=1S/C22H23N5O4S/c1-4-26-17-8-6-5-7-16(17)23-21(26)32-13-18(28)25-27-19(29)22(2,24-20(27)30)14-9-11-15(31-3)12-10-14/h5-12H,4,13H2,1-3H3,(H,24,30)(H,25,28). The van der Waals surface area contributed by atoms with Crippen LogP contribution in [0.1, 0.15) is 19.4 Å². The number of para-hydroxylation sites is 2. The van der Waals surface area contributed by atoms with Gasteiger partial charge in [0.2, 0.25) is 5.91 Å². The zero-order valence-corrected chi connectivity index (χ0v) is 18.7. The molecule has 1 unspecified atom stereocenters. The number of amides is 4. The lowest BCUT2D eigenvalue weighted by Gasteiger charge is -2.22. The zero-order chi connectivity index (χ0) is 22.9. The van der Waals surface area contributed by atoms with Crippen molar-refractivity contribution in [2.45, 2.75) is 31.1 Å². The fraction of sp³-hybridized carbons (Fsp3) is 0.273. The van der Waals surface area contributed by atoms with E-state index in [-0.39, 0.29) is 5.75 Å². The average molecular weight is 454 g/mol. The first kappa shape index (κ1) is 21.7. The van der Waals surface area contributed by atoms with Crippen molar-refractivity contribution in [3.05, 3.63) is 54.1 Å². The van der Waals surface area contributed by atoms with Crippen molar-refractivity contribution < 1.29 is 19.1 Å². The predicted molar refractivity (Wildman–Crippen MR) is 120 cm³/mol. The number of imidazole rings is 1. The van der Waals surface area contributed by atoms with Crippen LogP contribution >= 0.6 is 11.8 Å². The Morgan fingerprint density at radius 2 is 1.91 bits per heavy atom. The summed E-state index contributed by atoms with van der Waals surface area (Å²) in [6, 6.07) is 13.9. The number of rotatable bonds is 7. The van der Waals surface area contributed by atoms with Gasteiger partial charge in [-0.1, -0.05) is 36.0 Å². The summed E-state index contributed by atoms with van der Waals surface area (Å²) in [5.74, 6) is -0.409. The third kappa shape index (κ3) is 3.77. The number of thioether (sulfide) groups is 1. The maximum atomic E-state index is 13.0. The van der Waals surface area contributed by atoms with Gasteiger partial charge in [-0.2, -0.15) is 5.01 Å². The second kappa shape index (κ2) is 8.54. The predicted octanol–water partition coefficient (Wildman–Crippen LogP) is 2.66. The summed E-state index contributed by atoms with van der Waals surface area (Å²) in [6.45, 7) is 4.31. The molecule has 1 saturated heterocycles. The second-order valence-corrected chi connectivity index (χ2v) is 8.32. The van der Waals surface area contributed by atoms with Crippen LogP contribution in [0, 0.1) is 0 Å². The fourth-order valence-electron chi connectivity index (χ4n) is 3.62. The van der Waals surface area contributed by atoms with Gasteiger partial charge in [0.1, 0.15) is 11.3 Å². The lowest BCUT2D eigenvalue weighted by Crippen LogP contribution is -2.48. The Hall–Kier alpha value is -3.53. The minimum Gasteiger partial charge on any atom is -0.497 e. The SMILES string of the molecule is CCn1c(SCC(=O)NN2C(=O)NC(C)(c3ccc(OC)cc3)C2=O)nc2ccccc21. The van der Waals surface area contributed by atoms with Gasteiger partial charge in [-0.15, -0.1) is 0 Å². The molecule has 32 heavy (non-hydrogen) atoms. The lowest BCUT2D eigenvalue weighted by molar-refractivity contribution is -0.138. The number of hydrazine groups is 1. The number of aromatic nitrogens is 2. The number of methoxy groups -OCH3 is 1. The molecule has 166 valence electrons. The van der Waals surface area contributed by atoms with Gasteiger partial charge in [0.05, 0.1) is 23.9 Å². The summed E-state index contributed by atoms with van der Waals surface area (Å²) in [4.78, 5) is 42.6. The van der Waals surface area contributed by atoms with E-state index < -0.39 is 23.4 Å². The van der Waals surface area contributed by atoms with E-state index in [1.54, 1.807) is 38.3 Å². The number of imide groups is 1. The number of hydrogen-bond donors (Lipinski definition) is 2. The summed E-state index contributed by atoms with van der Waals surface area (Å²) in [6.07, 6.45) is 0. The van der Waals surface area contributed by atoms with Crippen LogP contribution in [0.5, 0.6) is 5.75 Å². The van der Waals surface area contributed by atoms with E-state index in [1.165, 1.54) is 11.8 Å². The average Bonchev–Trinajstić information content (AvgIpc) is 3.27. The molecule has 0 aliphatic carbocycles. The van der Waals surface area contributed by atoms with Gasteiger partial charge in [-0.25, -0.2) is 9.78 Å². The Morgan fingerprint density at radius 1 is 1.19 bits per heavy atom. The monoisotopic (exact) mass is 453 g/mol. The highest BCUT2D eigenvalue weighted by atomic mass is 32.2. The Morgan fingerprint density at radius 3 is 2.59 bits per heavy atom. The summed E-state index contributed by atoms with van der Waals surface area (Å²) < 4.78 is 7.15. The highest BCUT2D eigenvalue weighted by Gasteiger charge is 2.50. The van der Waals surface area contributed by atoms with Crippen LogP contribution < -0.4 is 15.5 Å². The van der Waals surface area contributed by atoms with Gasteiger partial charge in [-0.3, -0.25) is 15.0 Å². The van der Waals surface area contributed by atoms with Crippen LogP contribution in [0.25, 0.3) is 11.0 Å². The number of aryl methyl sites for hydroxylation is 1. The van der Waals surface area contributed by atoms with Crippen molar-refractivity contribution in [1.82, 2.24) is 25.3 Å². The number of nitrogens with zero attached hydrogens (tertiary/aromatic N) is 3. The number of carbonyl (C=O) groups is 3. The number of fused-ring (bicyclic) bond motifs is 1. The Balaban J connectivity index is 1.44. The molecule has 9 nitrogen and oxygen atoms in total. The van der Waals surface area contributed by atoms with Crippen LogP contribution in [0.3, 0.4) is 0 Å². The molecule has 1 aliphatic heterocycles. The third-order valence-electron chi connectivity index (χ3n) is 5.36. The minimum absolute atomic E-state index is 0.000365. The van der Waals surface area contributed by atoms with Gasteiger partial charge in [-0.05, 0) is 43.7 Å². The molecule has 1 fully saturated rings. The molecule has 2 heterocycles. The largest absolute Gasteiger partial charge is 0.497 e. The first-order valence-electron chi connectivity index (χ1n) is 10.1. The zero-order valence-electron chi connectivity index (χ0n) is 17.9. The van der Waals surface area contributed by atoms with Crippen molar-refractivity contribution in [2.24, 2.45) is 0 Å². The molecule has 1 atom stereocenters. The number of nitrogens with one attached hydrogen (secondary N) is 2. The number of benzene rings is 2. The molecular formula is C22H23N5O4S. The van der Waals surface area contributed by atoms with Crippen molar-refractivity contribution in [2.75, 3.05) is 12.9 Å². The summed E-state index contributed by atoms with van der Waals surface area (Å²) in [5.41, 5.74) is 3.55. The summed E-state index contributed by atoms with van der Waals surface area (Å²) in [5, 5.41) is 4.09. The van der Waals surface area contributed by atoms with Crippen molar-refractivity contribution in [1.29, 1.82) is 0 Å². The van der Waals surface area contributed by atoms with Crippen LogP contribution in [-0.2, 0) is 21.7 Å². The van der Waals surface area contributed by atoms with E-state index in [0.29, 0.717) is 23.0 Å². The molecule has 0 bridgehead atoms. The first-order chi connectivity index (χ1) is 15.4. The molecule has 4 amide bonds. The Labute approximate surface area is 189 Å². The highest BCUT2D eigenvalue weighted by molar-refractivity contribution is 7.99. The molecule has 1 aliphatic rings. The van der Waals surface area contributed by atoms with E-state index in [4.69, 9.17) is 4.74 Å². The quantitative estimate of drug-likeness (QED) is 0.421. The number of urea groups is 1. The molecule has 2 aromatic carbocycles. The van der Waals surface area contributed by atoms with Gasteiger partial charge >= 0.3 is 6.03 Å². The molecule has 10 heteroatoms. The lowest BCUT2D eigenvalue weighted by atomic mass is 9.92. The Kier molecular flexibility index (Phi) is 5.79. The van der Waals surface area contributed by atoms with Crippen LogP contribution in [0.4, 0.5) is 4.79 Å². The van der Waals surface area contributed by atoms with E-state index in [1.807, 2.05) is 35.8 Å². The maximum absolute atomic E-state index is 13.0. The number of carbonyl (C=O) groups excluding carboxylic acids is 3. The van der Waals surface area contributed by atoms with Crippen LogP contribution in [0.15, 0.2) is 53.7 Å². The van der Waals surface area contributed by atoms with E-state index in [9.17, 15) is 14.4 Å². The van der Waals surface area contributed by atoms with Crippen molar-refractivity contribution >= 4 is 40.6 Å². The van der Waals surface area contributed by atoms with Gasteiger partial charge in [0.15, 0.2) is 5.16 Å². The topological polar surface area (TPSA) is 106 Å². The molecular weight excluding hydrogens is 430 g/mol. The summed E-state index contributed by atoms with van der Waals surface area (Å²) >= 11 is 1.25. The third-order valence-corrected chi connectivity index (χ3v) is 6.34. The Bertz CT molecular complexity index is 1190. The van der Waals surface area contributed by atoms with Gasteiger partial charge in [0, 0.05) is 6.54 Å². The highest BCUT2D eigenvalue weighted by Crippen LogP contribution is 2.29. The van der Waals surface area contributed by atoms with Gasteiger partial charge in [0.25, 0.3) is 5.91 Å². The molecule has 4 rings (SSSR count). The van der Waals surface area contributed by atoms with Crippen LogP contribution in [0.2, 0.25) is 0 Å². The van der Waals surface area contributed by atoms with E-state index in [2.05, 4.69) is 15.7 Å². The minimum atomic E-state index is -1.29. The molecule has 2 N–H and O–H groups in total. The van der Waals surface area contributed by atoms with Crippen LogP contribution in [-0.4, -0.2) is 45.3 Å². The molecule has 0 saturated carbocycles. The molecule has 0 radical (unpaired) electrons. The fourth-order valence-corrected chi connectivity index (χ4v) is 4.49. The summed E-state index contributed by atoms with van der Waals surface area (Å²) in [7, 11) is 1.55. The van der Waals surface area contributed by atoms with Crippen molar-refractivity contribution in [3.63, 3.8) is 0 Å². The first-order valence-corrected chi connectivity index (χ1v) is 11.0. The second-order valence-electron chi connectivity index (χ2n) is 7.38. The molecule has 3 aromatic rings. The number of ether oxygens (including phenoxy) is 1. The smallest absolute Gasteiger partial charge is 0.344 e. The van der Waals surface area contributed by atoms with E-state index in [0.717, 1.165) is 16.0 Å². The van der Waals surface area contributed by atoms with E-state index >= 15 is 0 Å². The van der Waals surface area contributed by atoms with Crippen molar-refractivity contribution in [3.8, 4) is 5.75 Å².